The average Bonchev–Trinajstić information content (AvgIpc) is 3.31. The number of amides is 1. The molecule has 1 aromatic carbocycles. The van der Waals surface area contributed by atoms with E-state index in [1.807, 2.05) is 48.1 Å². The lowest BCUT2D eigenvalue weighted by Crippen LogP contribution is -2.49. The molecule has 2 aliphatic rings. The number of nitrogens with zero attached hydrogens (tertiary/aromatic N) is 2. The van der Waals surface area contributed by atoms with Crippen molar-refractivity contribution in [3.8, 4) is 5.69 Å². The fourth-order valence-electron chi connectivity index (χ4n) is 3.83. The Hall–Kier alpha value is -2.22. The number of carbonyl (C=O) groups excluding carboxylic acids is 1. The molecule has 7 nitrogen and oxygen atoms in total. The SMILES string of the molecule is CC(NC(=O)C1NNC2CCNCC21)c1ccccc1-n1cccn1. The van der Waals surface area contributed by atoms with E-state index in [9.17, 15) is 4.79 Å². The Morgan fingerprint density at radius 3 is 3.04 bits per heavy atom. The van der Waals surface area contributed by atoms with E-state index in [0.717, 1.165) is 30.8 Å². The van der Waals surface area contributed by atoms with Gasteiger partial charge in [-0.2, -0.15) is 5.10 Å². The molecule has 7 heteroatoms. The number of hydrazine groups is 1. The number of hydrogen-bond acceptors (Lipinski definition) is 5. The molecular formula is C18H24N6O. The molecule has 3 heterocycles. The second kappa shape index (κ2) is 6.95. The van der Waals surface area contributed by atoms with Gasteiger partial charge in [0.05, 0.1) is 11.7 Å². The van der Waals surface area contributed by atoms with Gasteiger partial charge in [0.2, 0.25) is 5.91 Å². The topological polar surface area (TPSA) is 83.0 Å². The van der Waals surface area contributed by atoms with Crippen molar-refractivity contribution in [3.63, 3.8) is 0 Å². The monoisotopic (exact) mass is 340 g/mol. The van der Waals surface area contributed by atoms with E-state index in [-0.39, 0.29) is 23.9 Å². The summed E-state index contributed by atoms with van der Waals surface area (Å²) in [4.78, 5) is 12.8. The van der Waals surface area contributed by atoms with Crippen molar-refractivity contribution >= 4 is 5.91 Å². The van der Waals surface area contributed by atoms with Gasteiger partial charge in [0.15, 0.2) is 0 Å². The Balaban J connectivity index is 1.49. The normalized spacial score (nSPS) is 26.8. The van der Waals surface area contributed by atoms with Gasteiger partial charge in [-0.1, -0.05) is 18.2 Å². The van der Waals surface area contributed by atoms with E-state index in [0.29, 0.717) is 6.04 Å². The van der Waals surface area contributed by atoms with Crippen molar-refractivity contribution in [2.45, 2.75) is 31.5 Å². The molecule has 0 saturated carbocycles. The van der Waals surface area contributed by atoms with Crippen LogP contribution in [0.5, 0.6) is 0 Å². The summed E-state index contributed by atoms with van der Waals surface area (Å²) in [5.74, 6) is 0.314. The third-order valence-corrected chi connectivity index (χ3v) is 5.18. The molecule has 2 saturated heterocycles. The minimum absolute atomic E-state index is 0.0338. The quantitative estimate of drug-likeness (QED) is 0.652. The minimum atomic E-state index is -0.211. The number of nitrogens with one attached hydrogen (secondary N) is 4. The van der Waals surface area contributed by atoms with Crippen LogP contribution in [0.1, 0.15) is 24.9 Å². The summed E-state index contributed by atoms with van der Waals surface area (Å²) in [6.07, 6.45) is 4.71. The van der Waals surface area contributed by atoms with Crippen molar-refractivity contribution in [2.75, 3.05) is 13.1 Å². The van der Waals surface area contributed by atoms with Crippen LogP contribution in [0.2, 0.25) is 0 Å². The largest absolute Gasteiger partial charge is 0.348 e. The van der Waals surface area contributed by atoms with Gasteiger partial charge >= 0.3 is 0 Å². The predicted octanol–water partition coefficient (Wildman–Crippen LogP) is 0.504. The number of hydrogen-bond donors (Lipinski definition) is 4. The number of benzene rings is 1. The lowest BCUT2D eigenvalue weighted by molar-refractivity contribution is -0.124. The molecule has 2 aromatic rings. The Bertz CT molecular complexity index is 731. The molecule has 1 aromatic heterocycles. The Kier molecular flexibility index (Phi) is 4.52. The zero-order chi connectivity index (χ0) is 17.2. The molecule has 4 unspecified atom stereocenters. The molecule has 0 bridgehead atoms. The summed E-state index contributed by atoms with van der Waals surface area (Å²) >= 11 is 0. The fraction of sp³-hybridized carbons (Fsp3) is 0.444. The fourth-order valence-corrected chi connectivity index (χ4v) is 3.83. The van der Waals surface area contributed by atoms with Gasteiger partial charge < -0.3 is 10.6 Å². The molecule has 0 radical (unpaired) electrons. The molecule has 25 heavy (non-hydrogen) atoms. The van der Waals surface area contributed by atoms with E-state index >= 15 is 0 Å². The van der Waals surface area contributed by atoms with E-state index in [2.05, 4.69) is 26.6 Å². The van der Waals surface area contributed by atoms with Crippen molar-refractivity contribution in [1.29, 1.82) is 0 Å². The van der Waals surface area contributed by atoms with Crippen molar-refractivity contribution in [3.05, 3.63) is 48.3 Å². The second-order valence-corrected chi connectivity index (χ2v) is 6.77. The van der Waals surface area contributed by atoms with Crippen LogP contribution in [0.15, 0.2) is 42.7 Å². The van der Waals surface area contributed by atoms with Crippen LogP contribution in [-0.4, -0.2) is 40.9 Å². The maximum atomic E-state index is 12.8. The molecule has 0 spiro atoms. The van der Waals surface area contributed by atoms with Crippen LogP contribution in [0.4, 0.5) is 0 Å². The second-order valence-electron chi connectivity index (χ2n) is 6.77. The summed E-state index contributed by atoms with van der Waals surface area (Å²) in [5.41, 5.74) is 8.48. The molecular weight excluding hydrogens is 316 g/mol. The molecule has 0 aliphatic carbocycles. The number of aromatic nitrogens is 2. The highest BCUT2D eigenvalue weighted by Gasteiger charge is 2.41. The van der Waals surface area contributed by atoms with E-state index in [4.69, 9.17) is 0 Å². The molecule has 4 atom stereocenters. The first-order chi connectivity index (χ1) is 12.2. The highest BCUT2D eigenvalue weighted by Crippen LogP contribution is 2.23. The van der Waals surface area contributed by atoms with Gasteiger partial charge in [0.1, 0.15) is 6.04 Å². The number of fused-ring (bicyclic) bond motifs is 1. The van der Waals surface area contributed by atoms with Crippen LogP contribution >= 0.6 is 0 Å². The molecule has 4 rings (SSSR count). The number of piperidine rings is 1. The number of carbonyl (C=O) groups is 1. The zero-order valence-corrected chi connectivity index (χ0v) is 14.3. The predicted molar refractivity (Wildman–Crippen MR) is 94.9 cm³/mol. The van der Waals surface area contributed by atoms with Crippen molar-refractivity contribution in [1.82, 2.24) is 31.3 Å². The first-order valence-corrected chi connectivity index (χ1v) is 8.85. The summed E-state index contributed by atoms with van der Waals surface area (Å²) in [7, 11) is 0. The Morgan fingerprint density at radius 2 is 2.20 bits per heavy atom. The van der Waals surface area contributed by atoms with Gasteiger partial charge in [0, 0.05) is 30.9 Å². The highest BCUT2D eigenvalue weighted by molar-refractivity contribution is 5.83. The summed E-state index contributed by atoms with van der Waals surface area (Å²) in [5, 5.41) is 10.9. The molecule has 2 aliphatic heterocycles. The molecule has 132 valence electrons. The first-order valence-electron chi connectivity index (χ1n) is 8.85. The van der Waals surface area contributed by atoms with E-state index < -0.39 is 0 Å². The van der Waals surface area contributed by atoms with Crippen molar-refractivity contribution in [2.24, 2.45) is 5.92 Å². The minimum Gasteiger partial charge on any atom is -0.348 e. The summed E-state index contributed by atoms with van der Waals surface area (Å²) < 4.78 is 1.83. The van der Waals surface area contributed by atoms with Gasteiger partial charge in [-0.3, -0.25) is 10.2 Å². The van der Waals surface area contributed by atoms with E-state index in [1.54, 1.807) is 6.20 Å². The van der Waals surface area contributed by atoms with Gasteiger partial charge in [-0.05, 0) is 37.6 Å². The summed E-state index contributed by atoms with van der Waals surface area (Å²) in [6.45, 7) is 3.87. The van der Waals surface area contributed by atoms with Crippen LogP contribution in [-0.2, 0) is 4.79 Å². The lowest BCUT2D eigenvalue weighted by atomic mass is 9.89. The number of para-hydroxylation sites is 1. The molecule has 4 N–H and O–H groups in total. The van der Waals surface area contributed by atoms with E-state index in [1.165, 1.54) is 0 Å². The van der Waals surface area contributed by atoms with Gasteiger partial charge in [-0.15, -0.1) is 0 Å². The average molecular weight is 340 g/mol. The van der Waals surface area contributed by atoms with Crippen LogP contribution in [0.3, 0.4) is 0 Å². The number of rotatable bonds is 4. The maximum Gasteiger partial charge on any atom is 0.239 e. The maximum absolute atomic E-state index is 12.8. The van der Waals surface area contributed by atoms with Gasteiger partial charge in [-0.25, -0.2) is 10.1 Å². The first kappa shape index (κ1) is 16.3. The molecule has 2 fully saturated rings. The Labute approximate surface area is 147 Å². The highest BCUT2D eigenvalue weighted by atomic mass is 16.2. The van der Waals surface area contributed by atoms with Crippen molar-refractivity contribution < 1.29 is 4.79 Å². The third kappa shape index (κ3) is 3.18. The Morgan fingerprint density at radius 1 is 1.32 bits per heavy atom. The standard InChI is InChI=1S/C18H24N6O/c1-12(13-5-2-3-6-16(13)24-10-4-8-20-24)21-18(25)17-14-11-19-9-7-15(14)22-23-17/h2-6,8,10,12,14-15,17,19,22-23H,7,9,11H2,1H3,(H,21,25). The lowest BCUT2D eigenvalue weighted by Gasteiger charge is -2.28. The van der Waals surface area contributed by atoms with Crippen LogP contribution in [0, 0.1) is 5.92 Å². The van der Waals surface area contributed by atoms with Gasteiger partial charge in [0.25, 0.3) is 0 Å². The summed E-state index contributed by atoms with van der Waals surface area (Å²) in [6, 6.07) is 9.96. The van der Waals surface area contributed by atoms with Crippen LogP contribution < -0.4 is 21.5 Å². The third-order valence-electron chi connectivity index (χ3n) is 5.18. The molecule has 1 amide bonds. The smallest absolute Gasteiger partial charge is 0.239 e. The van der Waals surface area contributed by atoms with Crippen LogP contribution in [0.25, 0.3) is 5.69 Å². The zero-order valence-electron chi connectivity index (χ0n) is 14.3.